The van der Waals surface area contributed by atoms with E-state index in [-0.39, 0.29) is 12.5 Å². The Balaban J connectivity index is 1.81. The summed E-state index contributed by atoms with van der Waals surface area (Å²) in [5.41, 5.74) is 5.75. The summed E-state index contributed by atoms with van der Waals surface area (Å²) < 4.78 is 16.3. The van der Waals surface area contributed by atoms with Crippen molar-refractivity contribution in [2.45, 2.75) is 12.8 Å². The summed E-state index contributed by atoms with van der Waals surface area (Å²) in [5.74, 6) is 1.05. The molecule has 2 aliphatic heterocycles. The molecule has 1 aromatic rings. The molecule has 1 aromatic carbocycles. The monoisotopic (exact) mass is 326 g/mol. The van der Waals surface area contributed by atoms with E-state index in [4.69, 9.17) is 31.5 Å². The van der Waals surface area contributed by atoms with Gasteiger partial charge in [0.25, 0.3) is 0 Å². The average molecular weight is 327 g/mol. The largest absolute Gasteiger partial charge is 0.486 e. The molecule has 120 valence electrons. The number of benzene rings is 1. The number of halogens is 1. The van der Waals surface area contributed by atoms with Crippen molar-refractivity contribution in [3.8, 4) is 11.5 Å². The Morgan fingerprint density at radius 1 is 1.18 bits per heavy atom. The summed E-state index contributed by atoms with van der Waals surface area (Å²) in [6.07, 6.45) is 1.22. The number of nitrogens with two attached hydrogens (primary N) is 1. The first-order valence-electron chi connectivity index (χ1n) is 7.33. The third-order valence-corrected chi connectivity index (χ3v) is 4.52. The minimum Gasteiger partial charge on any atom is -0.486 e. The van der Waals surface area contributed by atoms with Crippen LogP contribution >= 0.6 is 11.6 Å². The lowest BCUT2D eigenvalue weighted by atomic mass is 9.79. The summed E-state index contributed by atoms with van der Waals surface area (Å²) in [4.78, 5) is 12.7. The Bertz CT molecular complexity index is 573. The third kappa shape index (κ3) is 2.86. The van der Waals surface area contributed by atoms with Gasteiger partial charge < -0.3 is 25.3 Å². The quantitative estimate of drug-likeness (QED) is 0.885. The fraction of sp³-hybridized carbons (Fsp3) is 0.533. The van der Waals surface area contributed by atoms with Gasteiger partial charge >= 0.3 is 0 Å². The van der Waals surface area contributed by atoms with Crippen LogP contribution in [-0.2, 0) is 9.53 Å². The van der Waals surface area contributed by atoms with Gasteiger partial charge in [-0.2, -0.15) is 0 Å². The first-order valence-corrected chi connectivity index (χ1v) is 7.71. The van der Waals surface area contributed by atoms with Crippen LogP contribution in [0.1, 0.15) is 12.8 Å². The predicted octanol–water partition coefficient (Wildman–Crippen LogP) is 1.81. The zero-order chi connectivity index (χ0) is 15.6. The molecule has 0 spiro atoms. The highest BCUT2D eigenvalue weighted by Crippen LogP contribution is 2.39. The molecule has 22 heavy (non-hydrogen) atoms. The molecular weight excluding hydrogens is 308 g/mol. The lowest BCUT2D eigenvalue weighted by Crippen LogP contribution is -2.46. The smallest absolute Gasteiger partial charge is 0.232 e. The standard InChI is InChI=1S/C15H19ClN2O4/c16-10-7-12-13(22-6-5-21-12)8-11(10)18-14(19)15(9-17)1-3-20-4-2-15/h7-8H,1-6,9,17H2,(H,18,19). The molecule has 3 N–H and O–H groups in total. The minimum absolute atomic E-state index is 0.128. The normalized spacial score (nSPS) is 19.5. The molecule has 0 unspecified atom stereocenters. The van der Waals surface area contributed by atoms with Gasteiger partial charge in [-0.05, 0) is 12.8 Å². The van der Waals surface area contributed by atoms with Crippen molar-refractivity contribution in [1.29, 1.82) is 0 Å². The summed E-state index contributed by atoms with van der Waals surface area (Å²) in [5, 5.41) is 3.29. The summed E-state index contributed by atoms with van der Waals surface area (Å²) in [6, 6.07) is 3.35. The number of amides is 1. The molecule has 2 heterocycles. The third-order valence-electron chi connectivity index (χ3n) is 4.20. The topological polar surface area (TPSA) is 82.8 Å². The molecule has 1 saturated heterocycles. The number of rotatable bonds is 3. The first-order chi connectivity index (χ1) is 10.6. The molecule has 2 aliphatic rings. The molecule has 0 aliphatic carbocycles. The van der Waals surface area contributed by atoms with Crippen LogP contribution in [-0.4, -0.2) is 38.9 Å². The van der Waals surface area contributed by atoms with Crippen LogP contribution < -0.4 is 20.5 Å². The number of fused-ring (bicyclic) bond motifs is 1. The number of carbonyl (C=O) groups is 1. The van der Waals surface area contributed by atoms with Gasteiger partial charge in [0.05, 0.1) is 16.1 Å². The highest BCUT2D eigenvalue weighted by atomic mass is 35.5. The summed E-state index contributed by atoms with van der Waals surface area (Å²) >= 11 is 6.23. The fourth-order valence-electron chi connectivity index (χ4n) is 2.70. The second-order valence-corrected chi connectivity index (χ2v) is 5.93. The van der Waals surface area contributed by atoms with Gasteiger partial charge in [-0.15, -0.1) is 0 Å². The molecule has 7 heteroatoms. The van der Waals surface area contributed by atoms with Crippen LogP contribution in [0.15, 0.2) is 12.1 Å². The van der Waals surface area contributed by atoms with E-state index in [2.05, 4.69) is 5.32 Å². The van der Waals surface area contributed by atoms with Gasteiger partial charge in [0.1, 0.15) is 13.2 Å². The number of hydrogen-bond acceptors (Lipinski definition) is 5. The van der Waals surface area contributed by atoms with Crippen LogP contribution in [0.3, 0.4) is 0 Å². The van der Waals surface area contributed by atoms with Crippen molar-refractivity contribution in [1.82, 2.24) is 0 Å². The lowest BCUT2D eigenvalue weighted by molar-refractivity contribution is -0.130. The van der Waals surface area contributed by atoms with Gasteiger partial charge in [-0.25, -0.2) is 0 Å². The molecule has 0 saturated carbocycles. The molecule has 6 nitrogen and oxygen atoms in total. The summed E-state index contributed by atoms with van der Waals surface area (Å²) in [6.45, 7) is 2.33. The Morgan fingerprint density at radius 3 is 2.45 bits per heavy atom. The minimum atomic E-state index is -0.602. The second-order valence-electron chi connectivity index (χ2n) is 5.53. The Hall–Kier alpha value is -1.50. The number of carbonyl (C=O) groups excluding carboxylic acids is 1. The highest BCUT2D eigenvalue weighted by Gasteiger charge is 2.39. The maximum Gasteiger partial charge on any atom is 0.232 e. The van der Waals surface area contributed by atoms with Crippen LogP contribution in [0.25, 0.3) is 0 Å². The van der Waals surface area contributed by atoms with E-state index in [0.717, 1.165) is 0 Å². The molecule has 1 fully saturated rings. The van der Waals surface area contributed by atoms with Crippen LogP contribution in [0, 0.1) is 5.41 Å². The molecular formula is C15H19ClN2O4. The SMILES string of the molecule is NCC1(C(=O)Nc2cc3c(cc2Cl)OCCO3)CCOCC1. The zero-order valence-electron chi connectivity index (χ0n) is 12.2. The van der Waals surface area contributed by atoms with E-state index in [1.165, 1.54) is 0 Å². The van der Waals surface area contributed by atoms with Crippen molar-refractivity contribution < 1.29 is 19.0 Å². The fourth-order valence-corrected chi connectivity index (χ4v) is 2.90. The van der Waals surface area contributed by atoms with E-state index in [1.54, 1.807) is 12.1 Å². The molecule has 0 bridgehead atoms. The maximum absolute atomic E-state index is 12.7. The number of ether oxygens (including phenoxy) is 3. The van der Waals surface area contributed by atoms with E-state index in [0.29, 0.717) is 61.5 Å². The lowest BCUT2D eigenvalue weighted by Gasteiger charge is -2.34. The molecule has 0 atom stereocenters. The van der Waals surface area contributed by atoms with Gasteiger partial charge in [0, 0.05) is 31.9 Å². The number of nitrogens with one attached hydrogen (secondary N) is 1. The van der Waals surface area contributed by atoms with Crippen molar-refractivity contribution in [3.63, 3.8) is 0 Å². The molecule has 3 rings (SSSR count). The van der Waals surface area contributed by atoms with Crippen molar-refractivity contribution in [2.75, 3.05) is 38.3 Å². The predicted molar refractivity (Wildman–Crippen MR) is 82.6 cm³/mol. The zero-order valence-corrected chi connectivity index (χ0v) is 12.9. The van der Waals surface area contributed by atoms with E-state index in [9.17, 15) is 4.79 Å². The summed E-state index contributed by atoms with van der Waals surface area (Å²) in [7, 11) is 0. The van der Waals surface area contributed by atoms with Crippen molar-refractivity contribution >= 4 is 23.2 Å². The number of hydrogen-bond donors (Lipinski definition) is 2. The maximum atomic E-state index is 12.7. The van der Waals surface area contributed by atoms with Crippen molar-refractivity contribution in [2.24, 2.45) is 11.1 Å². The molecule has 1 amide bonds. The van der Waals surface area contributed by atoms with Gasteiger partial charge in [-0.1, -0.05) is 11.6 Å². The van der Waals surface area contributed by atoms with Crippen LogP contribution in [0.5, 0.6) is 11.5 Å². The molecule has 0 radical (unpaired) electrons. The van der Waals surface area contributed by atoms with Gasteiger partial charge in [0.15, 0.2) is 11.5 Å². The van der Waals surface area contributed by atoms with Crippen LogP contribution in [0.4, 0.5) is 5.69 Å². The van der Waals surface area contributed by atoms with E-state index >= 15 is 0 Å². The van der Waals surface area contributed by atoms with E-state index < -0.39 is 5.41 Å². The second kappa shape index (κ2) is 6.32. The van der Waals surface area contributed by atoms with Crippen LogP contribution in [0.2, 0.25) is 5.02 Å². The van der Waals surface area contributed by atoms with E-state index in [1.807, 2.05) is 0 Å². The highest BCUT2D eigenvalue weighted by molar-refractivity contribution is 6.34. The van der Waals surface area contributed by atoms with Gasteiger partial charge in [-0.3, -0.25) is 4.79 Å². The first kappa shape index (κ1) is 15.4. The van der Waals surface area contributed by atoms with Crippen molar-refractivity contribution in [3.05, 3.63) is 17.2 Å². The Morgan fingerprint density at radius 2 is 1.82 bits per heavy atom. The average Bonchev–Trinajstić information content (AvgIpc) is 2.56. The Kier molecular flexibility index (Phi) is 4.42. The van der Waals surface area contributed by atoms with Gasteiger partial charge in [0.2, 0.25) is 5.91 Å². The Labute approximate surface area is 133 Å². The molecule has 0 aromatic heterocycles. The number of anilines is 1.